The first-order valence-corrected chi connectivity index (χ1v) is 7.11. The summed E-state index contributed by atoms with van der Waals surface area (Å²) in [6, 6.07) is 0.458. The zero-order valence-electron chi connectivity index (χ0n) is 10.0. The van der Waals surface area contributed by atoms with Crippen molar-refractivity contribution in [1.82, 2.24) is 10.3 Å². The van der Waals surface area contributed by atoms with Crippen molar-refractivity contribution in [3.63, 3.8) is 0 Å². The standard InChI is InChI=1S/C12H20N2OS/c1-9(13-2)5-11-7-15-12(14-11)6-10-3-4-16-8-10/h7,9-10,13H,3-6,8H2,1-2H3. The molecule has 2 unspecified atom stereocenters. The average Bonchev–Trinajstić information content (AvgIpc) is 2.91. The van der Waals surface area contributed by atoms with Gasteiger partial charge in [-0.1, -0.05) is 0 Å². The molecule has 1 saturated heterocycles. The van der Waals surface area contributed by atoms with E-state index in [-0.39, 0.29) is 0 Å². The Labute approximate surface area is 101 Å². The number of thioether (sulfide) groups is 1. The summed E-state index contributed by atoms with van der Waals surface area (Å²) in [6.45, 7) is 2.15. The predicted molar refractivity (Wildman–Crippen MR) is 67.9 cm³/mol. The SMILES string of the molecule is CNC(C)Cc1coc(CC2CCSC2)n1. The van der Waals surface area contributed by atoms with Crippen LogP contribution in [0.15, 0.2) is 10.7 Å². The first-order chi connectivity index (χ1) is 7.78. The van der Waals surface area contributed by atoms with Gasteiger partial charge in [-0.05, 0) is 37.8 Å². The van der Waals surface area contributed by atoms with Crippen LogP contribution < -0.4 is 5.32 Å². The van der Waals surface area contributed by atoms with Gasteiger partial charge < -0.3 is 9.73 Å². The maximum atomic E-state index is 5.52. The number of aromatic nitrogens is 1. The number of nitrogens with one attached hydrogen (secondary N) is 1. The second kappa shape index (κ2) is 5.73. The van der Waals surface area contributed by atoms with E-state index in [0.717, 1.165) is 30.3 Å². The number of nitrogens with zero attached hydrogens (tertiary/aromatic N) is 1. The molecule has 0 spiro atoms. The highest BCUT2D eigenvalue weighted by Crippen LogP contribution is 2.26. The lowest BCUT2D eigenvalue weighted by Gasteiger charge is -2.06. The topological polar surface area (TPSA) is 38.1 Å². The van der Waals surface area contributed by atoms with Crippen LogP contribution in [-0.2, 0) is 12.8 Å². The molecule has 90 valence electrons. The van der Waals surface area contributed by atoms with Crippen molar-refractivity contribution in [1.29, 1.82) is 0 Å². The monoisotopic (exact) mass is 240 g/mol. The number of oxazole rings is 1. The summed E-state index contributed by atoms with van der Waals surface area (Å²) >= 11 is 2.04. The fourth-order valence-corrected chi connectivity index (χ4v) is 3.23. The molecule has 0 saturated carbocycles. The Balaban J connectivity index is 1.86. The molecule has 3 nitrogen and oxygen atoms in total. The quantitative estimate of drug-likeness (QED) is 0.855. The third-order valence-electron chi connectivity index (χ3n) is 3.09. The molecule has 2 rings (SSSR count). The van der Waals surface area contributed by atoms with E-state index in [4.69, 9.17) is 4.42 Å². The van der Waals surface area contributed by atoms with Crippen LogP contribution in [0, 0.1) is 5.92 Å². The summed E-state index contributed by atoms with van der Waals surface area (Å²) in [5.74, 6) is 4.27. The Kier molecular flexibility index (Phi) is 4.29. The molecule has 1 aromatic heterocycles. The molecule has 0 amide bonds. The Morgan fingerprint density at radius 1 is 1.69 bits per heavy atom. The third kappa shape index (κ3) is 3.25. The predicted octanol–water partition coefficient (Wildman–Crippen LogP) is 2.12. The fraction of sp³-hybridized carbons (Fsp3) is 0.750. The van der Waals surface area contributed by atoms with Crippen molar-refractivity contribution in [3.05, 3.63) is 17.8 Å². The molecule has 0 radical (unpaired) electrons. The summed E-state index contributed by atoms with van der Waals surface area (Å²) in [5.41, 5.74) is 1.07. The van der Waals surface area contributed by atoms with Crippen molar-refractivity contribution in [2.75, 3.05) is 18.6 Å². The van der Waals surface area contributed by atoms with Crippen LogP contribution in [-0.4, -0.2) is 29.6 Å². The van der Waals surface area contributed by atoms with Gasteiger partial charge in [0.05, 0.1) is 5.69 Å². The van der Waals surface area contributed by atoms with Crippen LogP contribution in [0.4, 0.5) is 0 Å². The van der Waals surface area contributed by atoms with Gasteiger partial charge in [-0.2, -0.15) is 11.8 Å². The largest absolute Gasteiger partial charge is 0.449 e. The third-order valence-corrected chi connectivity index (χ3v) is 4.33. The number of likely N-dealkylation sites (N-methyl/N-ethyl adjacent to an activating group) is 1. The van der Waals surface area contributed by atoms with Crippen molar-refractivity contribution >= 4 is 11.8 Å². The van der Waals surface area contributed by atoms with Crippen molar-refractivity contribution in [2.24, 2.45) is 5.92 Å². The molecular weight excluding hydrogens is 220 g/mol. The van der Waals surface area contributed by atoms with Gasteiger partial charge in [0.15, 0.2) is 5.89 Å². The molecule has 4 heteroatoms. The summed E-state index contributed by atoms with van der Waals surface area (Å²) in [7, 11) is 1.97. The zero-order chi connectivity index (χ0) is 11.4. The van der Waals surface area contributed by atoms with Crippen molar-refractivity contribution in [3.8, 4) is 0 Å². The Bertz CT molecular complexity index is 321. The minimum Gasteiger partial charge on any atom is -0.449 e. The second-order valence-corrected chi connectivity index (χ2v) is 5.71. The highest BCUT2D eigenvalue weighted by atomic mass is 32.2. The van der Waals surface area contributed by atoms with Gasteiger partial charge in [-0.15, -0.1) is 0 Å². The van der Waals surface area contributed by atoms with Crippen LogP contribution >= 0.6 is 11.8 Å². The minimum atomic E-state index is 0.458. The van der Waals surface area contributed by atoms with E-state index in [1.165, 1.54) is 17.9 Å². The van der Waals surface area contributed by atoms with E-state index in [9.17, 15) is 0 Å². The lowest BCUT2D eigenvalue weighted by atomic mass is 10.1. The molecule has 2 heterocycles. The summed E-state index contributed by atoms with van der Waals surface area (Å²) in [5, 5.41) is 3.21. The summed E-state index contributed by atoms with van der Waals surface area (Å²) < 4.78 is 5.52. The molecule has 2 atom stereocenters. The summed E-state index contributed by atoms with van der Waals surface area (Å²) in [4.78, 5) is 4.55. The average molecular weight is 240 g/mol. The molecule has 0 aromatic carbocycles. The fourth-order valence-electron chi connectivity index (χ4n) is 1.94. The maximum absolute atomic E-state index is 5.52. The zero-order valence-corrected chi connectivity index (χ0v) is 10.8. The van der Waals surface area contributed by atoms with Gasteiger partial charge in [0, 0.05) is 18.9 Å². The first-order valence-electron chi connectivity index (χ1n) is 5.96. The normalized spacial score (nSPS) is 22.5. The van der Waals surface area contributed by atoms with Crippen LogP contribution in [0.25, 0.3) is 0 Å². The van der Waals surface area contributed by atoms with Gasteiger partial charge in [0.25, 0.3) is 0 Å². The Morgan fingerprint density at radius 3 is 3.25 bits per heavy atom. The molecule has 1 aromatic rings. The van der Waals surface area contributed by atoms with Crippen LogP contribution in [0.3, 0.4) is 0 Å². The summed E-state index contributed by atoms with van der Waals surface area (Å²) in [6.07, 6.45) is 5.08. The number of hydrogen-bond acceptors (Lipinski definition) is 4. The van der Waals surface area contributed by atoms with E-state index in [1.54, 1.807) is 0 Å². The first kappa shape index (κ1) is 12.0. The Morgan fingerprint density at radius 2 is 2.56 bits per heavy atom. The van der Waals surface area contributed by atoms with Gasteiger partial charge >= 0.3 is 0 Å². The lowest BCUT2D eigenvalue weighted by molar-refractivity contribution is 0.447. The van der Waals surface area contributed by atoms with Gasteiger partial charge in [0.1, 0.15) is 6.26 Å². The van der Waals surface area contributed by atoms with E-state index in [1.807, 2.05) is 25.1 Å². The Hall–Kier alpha value is -0.480. The van der Waals surface area contributed by atoms with Crippen LogP contribution in [0.1, 0.15) is 24.9 Å². The van der Waals surface area contributed by atoms with Crippen molar-refractivity contribution in [2.45, 2.75) is 32.2 Å². The molecule has 16 heavy (non-hydrogen) atoms. The van der Waals surface area contributed by atoms with Gasteiger partial charge in [-0.3, -0.25) is 0 Å². The highest BCUT2D eigenvalue weighted by molar-refractivity contribution is 7.99. The van der Waals surface area contributed by atoms with E-state index < -0.39 is 0 Å². The lowest BCUT2D eigenvalue weighted by Crippen LogP contribution is -2.23. The second-order valence-electron chi connectivity index (χ2n) is 4.56. The van der Waals surface area contributed by atoms with E-state index >= 15 is 0 Å². The molecular formula is C12H20N2OS. The van der Waals surface area contributed by atoms with Crippen LogP contribution in [0.2, 0.25) is 0 Å². The highest BCUT2D eigenvalue weighted by Gasteiger charge is 2.18. The number of rotatable bonds is 5. The van der Waals surface area contributed by atoms with Crippen LogP contribution in [0.5, 0.6) is 0 Å². The van der Waals surface area contributed by atoms with E-state index in [2.05, 4.69) is 17.2 Å². The molecule has 1 N–H and O–H groups in total. The van der Waals surface area contributed by atoms with Gasteiger partial charge in [0.2, 0.25) is 0 Å². The molecule has 1 aliphatic heterocycles. The van der Waals surface area contributed by atoms with E-state index in [0.29, 0.717) is 6.04 Å². The van der Waals surface area contributed by atoms with Crippen molar-refractivity contribution < 1.29 is 4.42 Å². The maximum Gasteiger partial charge on any atom is 0.194 e. The molecule has 0 bridgehead atoms. The molecule has 0 aliphatic carbocycles. The molecule has 1 fully saturated rings. The molecule has 1 aliphatic rings. The van der Waals surface area contributed by atoms with Gasteiger partial charge in [-0.25, -0.2) is 4.98 Å². The minimum absolute atomic E-state index is 0.458. The number of hydrogen-bond donors (Lipinski definition) is 1. The smallest absolute Gasteiger partial charge is 0.194 e.